The fraction of sp³-hybridized carbons (Fsp3) is 0.353. The van der Waals surface area contributed by atoms with E-state index in [4.69, 9.17) is 0 Å². The SMILES string of the molecule is Cc1ncc2sc(C(=O)N3CCCC3c3ccc(C(F)(F)F)cc3)nn12. The van der Waals surface area contributed by atoms with Gasteiger partial charge in [-0.25, -0.2) is 9.50 Å². The van der Waals surface area contributed by atoms with Gasteiger partial charge in [0.25, 0.3) is 5.91 Å². The zero-order valence-corrected chi connectivity index (χ0v) is 14.6. The Morgan fingerprint density at radius 3 is 2.65 bits per heavy atom. The number of rotatable bonds is 2. The summed E-state index contributed by atoms with van der Waals surface area (Å²) in [5.41, 5.74) is 0.0278. The Hall–Kier alpha value is -2.42. The van der Waals surface area contributed by atoms with Gasteiger partial charge in [-0.05, 0) is 37.5 Å². The lowest BCUT2D eigenvalue weighted by Crippen LogP contribution is -2.30. The molecule has 0 bridgehead atoms. The number of fused-ring (bicyclic) bond motifs is 1. The maximum atomic E-state index is 12.9. The van der Waals surface area contributed by atoms with Gasteiger partial charge in [0.2, 0.25) is 5.01 Å². The van der Waals surface area contributed by atoms with E-state index in [0.717, 1.165) is 29.8 Å². The van der Waals surface area contributed by atoms with E-state index < -0.39 is 11.7 Å². The molecule has 1 amide bonds. The van der Waals surface area contributed by atoms with Crippen molar-refractivity contribution in [2.75, 3.05) is 6.54 Å². The Morgan fingerprint density at radius 2 is 2.00 bits per heavy atom. The number of carbonyl (C=O) groups excluding carboxylic acids is 1. The smallest absolute Gasteiger partial charge is 0.329 e. The Kier molecular flexibility index (Phi) is 3.98. The monoisotopic (exact) mass is 380 g/mol. The average molecular weight is 380 g/mol. The third-order valence-electron chi connectivity index (χ3n) is 4.59. The molecule has 1 fully saturated rings. The van der Waals surface area contributed by atoms with E-state index in [1.54, 1.807) is 15.6 Å². The highest BCUT2D eigenvalue weighted by molar-refractivity contribution is 7.18. The summed E-state index contributed by atoms with van der Waals surface area (Å²) < 4.78 is 39.9. The van der Waals surface area contributed by atoms with Crippen LogP contribution in [0.2, 0.25) is 0 Å². The van der Waals surface area contributed by atoms with E-state index in [9.17, 15) is 18.0 Å². The zero-order valence-electron chi connectivity index (χ0n) is 13.8. The molecule has 0 N–H and O–H groups in total. The van der Waals surface area contributed by atoms with Gasteiger partial charge in [-0.15, -0.1) is 5.10 Å². The number of nitrogens with zero attached hydrogens (tertiary/aromatic N) is 4. The van der Waals surface area contributed by atoms with Gasteiger partial charge in [0.1, 0.15) is 10.7 Å². The maximum absolute atomic E-state index is 12.9. The number of benzene rings is 1. The Balaban J connectivity index is 1.60. The van der Waals surface area contributed by atoms with Gasteiger partial charge in [-0.1, -0.05) is 23.5 Å². The molecule has 2 aromatic heterocycles. The number of likely N-dealkylation sites (tertiary alicyclic amines) is 1. The zero-order chi connectivity index (χ0) is 18.5. The molecule has 1 atom stereocenters. The van der Waals surface area contributed by atoms with Crippen molar-refractivity contribution >= 4 is 22.1 Å². The molecule has 5 nitrogen and oxygen atoms in total. The average Bonchev–Trinajstić information content (AvgIpc) is 3.31. The first-order valence-corrected chi connectivity index (χ1v) is 8.95. The van der Waals surface area contributed by atoms with Crippen LogP contribution in [-0.4, -0.2) is 31.9 Å². The summed E-state index contributed by atoms with van der Waals surface area (Å²) in [5, 5.41) is 4.69. The minimum atomic E-state index is -4.36. The lowest BCUT2D eigenvalue weighted by Gasteiger charge is -2.24. The Morgan fingerprint density at radius 1 is 1.27 bits per heavy atom. The first kappa shape index (κ1) is 17.0. The number of carbonyl (C=O) groups is 1. The fourth-order valence-corrected chi connectivity index (χ4v) is 4.17. The van der Waals surface area contributed by atoms with Crippen LogP contribution < -0.4 is 0 Å². The molecule has 1 aromatic carbocycles. The standard InChI is InChI=1S/C17H15F3N4OS/c1-10-21-9-14-24(10)22-15(26-14)16(25)23-8-2-3-13(23)11-4-6-12(7-5-11)17(18,19)20/h4-7,9,13H,2-3,8H2,1H3. The van der Waals surface area contributed by atoms with Crippen LogP contribution in [0.25, 0.3) is 4.83 Å². The second-order valence-corrected chi connectivity index (χ2v) is 7.25. The molecule has 1 aliphatic rings. The molecule has 0 spiro atoms. The topological polar surface area (TPSA) is 50.5 Å². The first-order chi connectivity index (χ1) is 12.3. The molecule has 3 heterocycles. The van der Waals surface area contributed by atoms with E-state index >= 15 is 0 Å². The molecule has 9 heteroatoms. The van der Waals surface area contributed by atoms with E-state index in [2.05, 4.69) is 10.1 Å². The molecule has 0 aliphatic carbocycles. The van der Waals surface area contributed by atoms with E-state index in [0.29, 0.717) is 22.9 Å². The third-order valence-corrected chi connectivity index (χ3v) is 5.53. The summed E-state index contributed by atoms with van der Waals surface area (Å²) in [6.45, 7) is 2.37. The lowest BCUT2D eigenvalue weighted by molar-refractivity contribution is -0.137. The number of imidazole rings is 1. The Labute approximate surface area is 151 Å². The largest absolute Gasteiger partial charge is 0.416 e. The minimum absolute atomic E-state index is 0.194. The Bertz CT molecular complexity index is 961. The van der Waals surface area contributed by atoms with Gasteiger partial charge in [-0.2, -0.15) is 13.2 Å². The van der Waals surface area contributed by atoms with Crippen LogP contribution in [0.4, 0.5) is 13.2 Å². The summed E-state index contributed by atoms with van der Waals surface area (Å²) in [5.74, 6) is 0.511. The predicted octanol–water partition coefficient (Wildman–Crippen LogP) is 4.10. The van der Waals surface area contributed by atoms with Crippen molar-refractivity contribution in [2.45, 2.75) is 32.0 Å². The second kappa shape index (κ2) is 6.08. The fourth-order valence-electron chi connectivity index (χ4n) is 3.28. The molecule has 1 saturated heterocycles. The normalized spacial score (nSPS) is 18.0. The molecule has 4 rings (SSSR count). The first-order valence-electron chi connectivity index (χ1n) is 8.14. The summed E-state index contributed by atoms with van der Waals surface area (Å²) in [4.78, 5) is 19.5. The molecule has 0 saturated carbocycles. The van der Waals surface area contributed by atoms with Gasteiger partial charge >= 0.3 is 6.18 Å². The van der Waals surface area contributed by atoms with Crippen molar-refractivity contribution in [3.05, 3.63) is 52.4 Å². The molecular formula is C17H15F3N4OS. The maximum Gasteiger partial charge on any atom is 0.416 e. The number of aromatic nitrogens is 3. The van der Waals surface area contributed by atoms with Crippen LogP contribution in [0.5, 0.6) is 0 Å². The highest BCUT2D eigenvalue weighted by atomic mass is 32.1. The van der Waals surface area contributed by atoms with Gasteiger partial charge in [0, 0.05) is 6.54 Å². The second-order valence-electron chi connectivity index (χ2n) is 6.24. The number of hydrogen-bond acceptors (Lipinski definition) is 4. The van der Waals surface area contributed by atoms with Crippen molar-refractivity contribution in [1.29, 1.82) is 0 Å². The lowest BCUT2D eigenvalue weighted by atomic mass is 10.0. The van der Waals surface area contributed by atoms with Crippen LogP contribution in [0.1, 0.15) is 45.6 Å². The van der Waals surface area contributed by atoms with E-state index in [-0.39, 0.29) is 11.9 Å². The van der Waals surface area contributed by atoms with E-state index in [1.807, 2.05) is 6.92 Å². The van der Waals surface area contributed by atoms with Crippen LogP contribution in [0.15, 0.2) is 30.5 Å². The molecule has 136 valence electrons. The van der Waals surface area contributed by atoms with Crippen LogP contribution >= 0.6 is 11.3 Å². The third kappa shape index (κ3) is 2.86. The van der Waals surface area contributed by atoms with Crippen molar-refractivity contribution in [2.24, 2.45) is 0 Å². The molecule has 26 heavy (non-hydrogen) atoms. The molecule has 0 radical (unpaired) electrons. The number of halogens is 3. The molecule has 1 aliphatic heterocycles. The van der Waals surface area contributed by atoms with Gasteiger partial charge in [0.05, 0.1) is 17.8 Å². The van der Waals surface area contributed by atoms with Crippen LogP contribution in [0, 0.1) is 6.92 Å². The summed E-state index contributed by atoms with van der Waals surface area (Å²) in [7, 11) is 0. The predicted molar refractivity (Wildman–Crippen MR) is 90.1 cm³/mol. The summed E-state index contributed by atoms with van der Waals surface area (Å²) in [6.07, 6.45) is -1.16. The van der Waals surface area contributed by atoms with Crippen LogP contribution in [0.3, 0.4) is 0 Å². The number of alkyl halides is 3. The van der Waals surface area contributed by atoms with Gasteiger partial charge in [0.15, 0.2) is 0 Å². The van der Waals surface area contributed by atoms with Crippen molar-refractivity contribution in [3.63, 3.8) is 0 Å². The van der Waals surface area contributed by atoms with Gasteiger partial charge < -0.3 is 4.90 Å². The summed E-state index contributed by atoms with van der Waals surface area (Å²) in [6, 6.07) is 4.82. The molecular weight excluding hydrogens is 365 g/mol. The highest BCUT2D eigenvalue weighted by Gasteiger charge is 2.34. The van der Waals surface area contributed by atoms with E-state index in [1.165, 1.54) is 23.5 Å². The molecule has 1 unspecified atom stereocenters. The number of amides is 1. The molecule has 3 aromatic rings. The quantitative estimate of drug-likeness (QED) is 0.673. The van der Waals surface area contributed by atoms with Crippen molar-refractivity contribution < 1.29 is 18.0 Å². The van der Waals surface area contributed by atoms with Crippen molar-refractivity contribution in [1.82, 2.24) is 19.5 Å². The highest BCUT2D eigenvalue weighted by Crippen LogP contribution is 2.36. The number of aryl methyl sites for hydroxylation is 1. The van der Waals surface area contributed by atoms with Crippen molar-refractivity contribution in [3.8, 4) is 0 Å². The minimum Gasteiger partial charge on any atom is -0.329 e. The number of hydrogen-bond donors (Lipinski definition) is 0. The van der Waals surface area contributed by atoms with Gasteiger partial charge in [-0.3, -0.25) is 4.79 Å². The summed E-state index contributed by atoms with van der Waals surface area (Å²) >= 11 is 1.27. The van der Waals surface area contributed by atoms with Crippen LogP contribution in [-0.2, 0) is 6.18 Å².